The molecule has 0 unspecified atom stereocenters. The van der Waals surface area contributed by atoms with E-state index in [-0.39, 0.29) is 12.8 Å². The summed E-state index contributed by atoms with van der Waals surface area (Å²) in [6, 6.07) is 0.339. The Morgan fingerprint density at radius 1 is 1.13 bits per heavy atom. The second-order valence-electron chi connectivity index (χ2n) is 4.65. The van der Waals surface area contributed by atoms with E-state index >= 15 is 0 Å². The van der Waals surface area contributed by atoms with Crippen molar-refractivity contribution in [2.75, 3.05) is 6.54 Å². The summed E-state index contributed by atoms with van der Waals surface area (Å²) >= 11 is 0. The molecule has 90 valence electrons. The topological polar surface area (TPSA) is 12.0 Å². The molecule has 0 radical (unpaired) electrons. The summed E-state index contributed by atoms with van der Waals surface area (Å²) in [4.78, 5) is 0. The molecule has 0 heterocycles. The zero-order valence-electron chi connectivity index (χ0n) is 9.70. The van der Waals surface area contributed by atoms with Gasteiger partial charge in [0.25, 0.3) is 0 Å². The number of rotatable bonds is 6. The quantitative estimate of drug-likeness (QED) is 0.671. The van der Waals surface area contributed by atoms with E-state index in [0.29, 0.717) is 18.9 Å². The van der Waals surface area contributed by atoms with E-state index in [4.69, 9.17) is 0 Å². The van der Waals surface area contributed by atoms with Crippen LogP contribution in [-0.4, -0.2) is 18.5 Å². The Hall–Kier alpha value is -0.180. The Morgan fingerprint density at radius 2 is 1.80 bits per heavy atom. The van der Waals surface area contributed by atoms with Crippen LogP contribution in [0, 0.1) is 0 Å². The van der Waals surface area contributed by atoms with Crippen LogP contribution >= 0.6 is 0 Å². The van der Waals surface area contributed by atoms with E-state index in [1.165, 1.54) is 25.7 Å². The molecule has 0 aliphatic heterocycles. The van der Waals surface area contributed by atoms with Gasteiger partial charge in [-0.2, -0.15) is 0 Å². The van der Waals surface area contributed by atoms with Crippen LogP contribution in [0.4, 0.5) is 8.78 Å². The van der Waals surface area contributed by atoms with E-state index in [1.54, 1.807) is 0 Å². The molecule has 0 spiro atoms. The fourth-order valence-corrected chi connectivity index (χ4v) is 2.10. The summed E-state index contributed by atoms with van der Waals surface area (Å²) in [6.45, 7) is 3.19. The van der Waals surface area contributed by atoms with Crippen molar-refractivity contribution in [3.63, 3.8) is 0 Å². The van der Waals surface area contributed by atoms with Crippen molar-refractivity contribution in [2.45, 2.75) is 70.3 Å². The highest BCUT2D eigenvalue weighted by molar-refractivity contribution is 4.81. The molecule has 0 aromatic carbocycles. The van der Waals surface area contributed by atoms with Crippen LogP contribution in [0.3, 0.4) is 0 Å². The van der Waals surface area contributed by atoms with Crippen molar-refractivity contribution in [3.05, 3.63) is 0 Å². The first-order chi connectivity index (χ1) is 7.14. The van der Waals surface area contributed by atoms with Crippen molar-refractivity contribution in [1.29, 1.82) is 0 Å². The Balaban J connectivity index is 1.99. The Labute approximate surface area is 91.6 Å². The SMILES string of the molecule is CCCCCCNC1CCC(F)(F)CC1. The van der Waals surface area contributed by atoms with Crippen molar-refractivity contribution < 1.29 is 8.78 Å². The molecule has 1 rings (SSSR count). The molecule has 3 heteroatoms. The van der Waals surface area contributed by atoms with Crippen LogP contribution in [0.1, 0.15) is 58.3 Å². The fraction of sp³-hybridized carbons (Fsp3) is 1.00. The average Bonchev–Trinajstić information content (AvgIpc) is 2.20. The van der Waals surface area contributed by atoms with Gasteiger partial charge in [0, 0.05) is 18.9 Å². The van der Waals surface area contributed by atoms with Crippen LogP contribution in [-0.2, 0) is 0 Å². The van der Waals surface area contributed by atoms with E-state index < -0.39 is 5.92 Å². The zero-order valence-corrected chi connectivity index (χ0v) is 9.70. The van der Waals surface area contributed by atoms with Gasteiger partial charge in [-0.1, -0.05) is 26.2 Å². The van der Waals surface area contributed by atoms with Gasteiger partial charge >= 0.3 is 0 Å². The molecular formula is C12H23F2N. The molecule has 0 aromatic rings. The van der Waals surface area contributed by atoms with Crippen LogP contribution in [0.15, 0.2) is 0 Å². The molecule has 0 bridgehead atoms. The van der Waals surface area contributed by atoms with Crippen LogP contribution in [0.2, 0.25) is 0 Å². The first-order valence-corrected chi connectivity index (χ1v) is 6.25. The summed E-state index contributed by atoms with van der Waals surface area (Å²) in [5.41, 5.74) is 0. The summed E-state index contributed by atoms with van der Waals surface area (Å²) in [6.07, 6.45) is 6.38. The van der Waals surface area contributed by atoms with Gasteiger partial charge in [0.1, 0.15) is 0 Å². The van der Waals surface area contributed by atoms with Gasteiger partial charge in [0.15, 0.2) is 0 Å². The highest BCUT2D eigenvalue weighted by Crippen LogP contribution is 2.32. The standard InChI is InChI=1S/C12H23F2N/c1-2-3-4-5-10-15-11-6-8-12(13,14)9-7-11/h11,15H,2-10H2,1H3. The third-order valence-corrected chi connectivity index (χ3v) is 3.18. The molecule has 0 aromatic heterocycles. The van der Waals surface area contributed by atoms with Gasteiger partial charge in [0.05, 0.1) is 0 Å². The van der Waals surface area contributed by atoms with Gasteiger partial charge < -0.3 is 5.32 Å². The van der Waals surface area contributed by atoms with Gasteiger partial charge in [-0.15, -0.1) is 0 Å². The molecule has 1 saturated carbocycles. The first kappa shape index (κ1) is 12.9. The lowest BCUT2D eigenvalue weighted by molar-refractivity contribution is -0.0403. The van der Waals surface area contributed by atoms with E-state index in [9.17, 15) is 8.78 Å². The van der Waals surface area contributed by atoms with Gasteiger partial charge in [-0.3, -0.25) is 0 Å². The molecule has 1 aliphatic rings. The fourth-order valence-electron chi connectivity index (χ4n) is 2.10. The lowest BCUT2D eigenvalue weighted by Crippen LogP contribution is -2.37. The predicted octanol–water partition coefficient (Wildman–Crippen LogP) is 3.73. The molecule has 0 amide bonds. The second-order valence-corrected chi connectivity index (χ2v) is 4.65. The Morgan fingerprint density at radius 3 is 2.40 bits per heavy atom. The normalized spacial score (nSPS) is 21.8. The molecule has 1 aliphatic carbocycles. The lowest BCUT2D eigenvalue weighted by Gasteiger charge is -2.28. The Bertz CT molecular complexity index is 161. The largest absolute Gasteiger partial charge is 0.314 e. The second kappa shape index (κ2) is 6.41. The maximum absolute atomic E-state index is 12.8. The minimum atomic E-state index is -2.39. The molecule has 1 fully saturated rings. The van der Waals surface area contributed by atoms with Gasteiger partial charge in [0.2, 0.25) is 5.92 Å². The number of unbranched alkanes of at least 4 members (excludes halogenated alkanes) is 3. The number of hydrogen-bond acceptors (Lipinski definition) is 1. The molecular weight excluding hydrogens is 196 g/mol. The van der Waals surface area contributed by atoms with E-state index in [2.05, 4.69) is 12.2 Å². The molecule has 0 atom stereocenters. The maximum Gasteiger partial charge on any atom is 0.248 e. The summed E-state index contributed by atoms with van der Waals surface area (Å²) in [5.74, 6) is -2.39. The number of hydrogen-bond donors (Lipinski definition) is 1. The van der Waals surface area contributed by atoms with Crippen LogP contribution in [0.5, 0.6) is 0 Å². The number of nitrogens with one attached hydrogen (secondary N) is 1. The summed E-state index contributed by atoms with van der Waals surface area (Å²) in [5, 5.41) is 3.38. The van der Waals surface area contributed by atoms with Crippen LogP contribution < -0.4 is 5.32 Å². The van der Waals surface area contributed by atoms with Crippen molar-refractivity contribution in [1.82, 2.24) is 5.32 Å². The monoisotopic (exact) mass is 219 g/mol. The first-order valence-electron chi connectivity index (χ1n) is 6.25. The van der Waals surface area contributed by atoms with Crippen LogP contribution in [0.25, 0.3) is 0 Å². The molecule has 15 heavy (non-hydrogen) atoms. The van der Waals surface area contributed by atoms with Gasteiger partial charge in [-0.25, -0.2) is 8.78 Å². The Kier molecular flexibility index (Phi) is 5.51. The summed E-state index contributed by atoms with van der Waals surface area (Å²) < 4.78 is 25.7. The third kappa shape index (κ3) is 5.45. The zero-order chi connectivity index (χ0) is 11.1. The van der Waals surface area contributed by atoms with E-state index in [0.717, 1.165) is 6.54 Å². The van der Waals surface area contributed by atoms with Crippen molar-refractivity contribution in [2.24, 2.45) is 0 Å². The minimum absolute atomic E-state index is 0.0691. The smallest absolute Gasteiger partial charge is 0.248 e. The highest BCUT2D eigenvalue weighted by atomic mass is 19.3. The number of halogens is 2. The summed E-state index contributed by atoms with van der Waals surface area (Å²) in [7, 11) is 0. The van der Waals surface area contributed by atoms with Crippen molar-refractivity contribution >= 4 is 0 Å². The predicted molar refractivity (Wildman–Crippen MR) is 59.3 cm³/mol. The van der Waals surface area contributed by atoms with E-state index in [1.807, 2.05) is 0 Å². The minimum Gasteiger partial charge on any atom is -0.314 e. The maximum atomic E-state index is 12.8. The lowest BCUT2D eigenvalue weighted by atomic mass is 9.92. The third-order valence-electron chi connectivity index (χ3n) is 3.18. The average molecular weight is 219 g/mol. The van der Waals surface area contributed by atoms with Gasteiger partial charge in [-0.05, 0) is 25.8 Å². The molecule has 1 nitrogen and oxygen atoms in total. The molecule has 1 N–H and O–H groups in total. The highest BCUT2D eigenvalue weighted by Gasteiger charge is 2.34. The molecule has 0 saturated heterocycles. The number of alkyl halides is 2. The van der Waals surface area contributed by atoms with Crippen molar-refractivity contribution in [3.8, 4) is 0 Å².